The third kappa shape index (κ3) is 4.07. The number of fused-ring (bicyclic) bond motifs is 1. The van der Waals surface area contributed by atoms with Crippen molar-refractivity contribution in [3.63, 3.8) is 0 Å². The molecule has 0 spiro atoms. The first-order chi connectivity index (χ1) is 10.5. The third-order valence-electron chi connectivity index (χ3n) is 3.98. The lowest BCUT2D eigenvalue weighted by Crippen LogP contribution is -2.40. The van der Waals surface area contributed by atoms with Gasteiger partial charge in [-0.15, -0.1) is 0 Å². The van der Waals surface area contributed by atoms with E-state index in [1.165, 1.54) is 5.39 Å². The summed E-state index contributed by atoms with van der Waals surface area (Å²) in [4.78, 5) is 22.8. The highest BCUT2D eigenvalue weighted by Crippen LogP contribution is 2.16. The number of amides is 1. The van der Waals surface area contributed by atoms with Crippen molar-refractivity contribution in [1.29, 1.82) is 0 Å². The maximum absolute atomic E-state index is 11.9. The molecule has 2 N–H and O–H groups in total. The minimum atomic E-state index is -0.901. The fourth-order valence-corrected chi connectivity index (χ4v) is 2.32. The second kappa shape index (κ2) is 7.07. The van der Waals surface area contributed by atoms with Gasteiger partial charge in [-0.3, -0.25) is 9.59 Å². The van der Waals surface area contributed by atoms with Gasteiger partial charge in [0.25, 0.3) is 0 Å². The van der Waals surface area contributed by atoms with E-state index in [9.17, 15) is 9.59 Å². The van der Waals surface area contributed by atoms with Crippen molar-refractivity contribution in [1.82, 2.24) is 5.32 Å². The summed E-state index contributed by atoms with van der Waals surface area (Å²) >= 11 is 0. The van der Waals surface area contributed by atoms with Crippen LogP contribution in [0.2, 0.25) is 0 Å². The van der Waals surface area contributed by atoms with Crippen LogP contribution in [0.5, 0.6) is 0 Å². The molecule has 2 atom stereocenters. The number of aryl methyl sites for hydroxylation is 1. The van der Waals surface area contributed by atoms with Crippen molar-refractivity contribution >= 4 is 22.6 Å². The summed E-state index contributed by atoms with van der Waals surface area (Å²) in [5.41, 5.74) is 1.10. The van der Waals surface area contributed by atoms with Crippen molar-refractivity contribution in [3.05, 3.63) is 48.0 Å². The van der Waals surface area contributed by atoms with E-state index in [1.54, 1.807) is 13.8 Å². The van der Waals surface area contributed by atoms with Gasteiger partial charge in [0.1, 0.15) is 0 Å². The number of carboxylic acids is 1. The molecular formula is C18H21NO3. The summed E-state index contributed by atoms with van der Waals surface area (Å²) in [7, 11) is 0. The quantitative estimate of drug-likeness (QED) is 0.861. The minimum Gasteiger partial charge on any atom is -0.481 e. The van der Waals surface area contributed by atoms with Crippen LogP contribution in [0.1, 0.15) is 25.8 Å². The van der Waals surface area contributed by atoms with E-state index in [-0.39, 0.29) is 11.9 Å². The summed E-state index contributed by atoms with van der Waals surface area (Å²) in [6.45, 7) is 3.31. The maximum atomic E-state index is 11.9. The Kier molecular flexibility index (Phi) is 5.15. The summed E-state index contributed by atoms with van der Waals surface area (Å²) < 4.78 is 0. The molecule has 0 saturated carbocycles. The number of carbonyl (C=O) groups is 2. The molecule has 0 aliphatic carbocycles. The number of carboxylic acid groups (broad SMARTS) is 1. The first-order valence-corrected chi connectivity index (χ1v) is 7.47. The van der Waals surface area contributed by atoms with Crippen molar-refractivity contribution < 1.29 is 14.7 Å². The number of hydrogen-bond acceptors (Lipinski definition) is 2. The standard InChI is InChI=1S/C18H21NO3/c1-12(18(21)22)13(2)19-17(20)10-8-14-7-9-15-5-3-4-6-16(15)11-14/h3-7,9,11-13H,8,10H2,1-2H3,(H,19,20)(H,21,22). The van der Waals surface area contributed by atoms with Gasteiger partial charge in [-0.2, -0.15) is 0 Å². The lowest BCUT2D eigenvalue weighted by Gasteiger charge is -2.17. The molecule has 116 valence electrons. The Morgan fingerprint density at radius 1 is 1.09 bits per heavy atom. The monoisotopic (exact) mass is 299 g/mol. The molecule has 2 aromatic carbocycles. The van der Waals surface area contributed by atoms with Gasteiger partial charge in [0, 0.05) is 12.5 Å². The van der Waals surface area contributed by atoms with Crippen LogP contribution in [-0.2, 0) is 16.0 Å². The molecule has 0 aromatic heterocycles. The van der Waals surface area contributed by atoms with E-state index in [0.717, 1.165) is 10.9 Å². The van der Waals surface area contributed by atoms with Crippen LogP contribution in [0.25, 0.3) is 10.8 Å². The minimum absolute atomic E-state index is 0.117. The van der Waals surface area contributed by atoms with Gasteiger partial charge < -0.3 is 10.4 Å². The van der Waals surface area contributed by atoms with E-state index in [0.29, 0.717) is 12.8 Å². The number of rotatable bonds is 6. The molecule has 2 aromatic rings. The predicted molar refractivity (Wildman–Crippen MR) is 86.7 cm³/mol. The van der Waals surface area contributed by atoms with E-state index < -0.39 is 11.9 Å². The topological polar surface area (TPSA) is 66.4 Å². The molecular weight excluding hydrogens is 278 g/mol. The van der Waals surface area contributed by atoms with Crippen molar-refractivity contribution in [2.75, 3.05) is 0 Å². The van der Waals surface area contributed by atoms with Gasteiger partial charge >= 0.3 is 5.97 Å². The first-order valence-electron chi connectivity index (χ1n) is 7.47. The summed E-state index contributed by atoms with van der Waals surface area (Å²) in [6, 6.07) is 13.9. The lowest BCUT2D eigenvalue weighted by molar-refractivity contribution is -0.142. The molecule has 2 rings (SSSR count). The highest BCUT2D eigenvalue weighted by Gasteiger charge is 2.20. The smallest absolute Gasteiger partial charge is 0.308 e. The van der Waals surface area contributed by atoms with Crippen molar-refractivity contribution in [2.24, 2.45) is 5.92 Å². The number of benzene rings is 2. The zero-order chi connectivity index (χ0) is 16.1. The SMILES string of the molecule is CC(NC(=O)CCc1ccc2ccccc2c1)C(C)C(=O)O. The highest BCUT2D eigenvalue weighted by molar-refractivity contribution is 5.83. The molecule has 0 aliphatic heterocycles. The van der Waals surface area contributed by atoms with Gasteiger partial charge in [-0.1, -0.05) is 42.5 Å². The molecule has 0 fully saturated rings. The summed E-state index contributed by atoms with van der Waals surface area (Å²) in [5, 5.41) is 14.0. The predicted octanol–water partition coefficient (Wildman–Crippen LogP) is 3.00. The van der Waals surface area contributed by atoms with Crippen LogP contribution in [0, 0.1) is 5.92 Å². The Balaban J connectivity index is 1.91. The number of aliphatic carboxylic acids is 1. The van der Waals surface area contributed by atoms with Crippen LogP contribution < -0.4 is 5.32 Å². The summed E-state index contributed by atoms with van der Waals surface area (Å²) in [5.74, 6) is -1.61. The Hall–Kier alpha value is -2.36. The molecule has 1 amide bonds. The molecule has 0 bridgehead atoms. The molecule has 0 aliphatic rings. The number of nitrogens with one attached hydrogen (secondary N) is 1. The molecule has 22 heavy (non-hydrogen) atoms. The zero-order valence-electron chi connectivity index (χ0n) is 12.9. The van der Waals surface area contributed by atoms with Crippen LogP contribution in [0.15, 0.2) is 42.5 Å². The van der Waals surface area contributed by atoms with Gasteiger partial charge in [-0.05, 0) is 36.6 Å². The number of carbonyl (C=O) groups excluding carboxylic acids is 1. The van der Waals surface area contributed by atoms with Crippen LogP contribution >= 0.6 is 0 Å². The number of hydrogen-bond donors (Lipinski definition) is 2. The van der Waals surface area contributed by atoms with Crippen LogP contribution in [0.3, 0.4) is 0 Å². The Bertz CT molecular complexity index is 681. The molecule has 0 saturated heterocycles. The molecule has 0 radical (unpaired) electrons. The lowest BCUT2D eigenvalue weighted by atomic mass is 10.0. The fourth-order valence-electron chi connectivity index (χ4n) is 2.32. The zero-order valence-corrected chi connectivity index (χ0v) is 12.9. The third-order valence-corrected chi connectivity index (χ3v) is 3.98. The fraction of sp³-hybridized carbons (Fsp3) is 0.333. The Labute approximate surface area is 130 Å². The normalized spacial score (nSPS) is 13.5. The average Bonchev–Trinajstić information content (AvgIpc) is 2.51. The van der Waals surface area contributed by atoms with E-state index >= 15 is 0 Å². The molecule has 2 unspecified atom stereocenters. The average molecular weight is 299 g/mol. The second-order valence-electron chi connectivity index (χ2n) is 5.66. The van der Waals surface area contributed by atoms with E-state index in [2.05, 4.69) is 29.6 Å². The Morgan fingerprint density at radius 3 is 2.45 bits per heavy atom. The van der Waals surface area contributed by atoms with Gasteiger partial charge in [0.15, 0.2) is 0 Å². The van der Waals surface area contributed by atoms with Crippen LogP contribution in [-0.4, -0.2) is 23.0 Å². The molecule has 4 heteroatoms. The van der Waals surface area contributed by atoms with Gasteiger partial charge in [0.05, 0.1) is 5.92 Å². The van der Waals surface area contributed by atoms with Gasteiger partial charge in [0.2, 0.25) is 5.91 Å². The first kappa shape index (κ1) is 16.0. The maximum Gasteiger partial charge on any atom is 0.308 e. The van der Waals surface area contributed by atoms with Crippen LogP contribution in [0.4, 0.5) is 0 Å². The Morgan fingerprint density at radius 2 is 1.77 bits per heavy atom. The largest absolute Gasteiger partial charge is 0.481 e. The second-order valence-corrected chi connectivity index (χ2v) is 5.66. The van der Waals surface area contributed by atoms with Gasteiger partial charge in [-0.25, -0.2) is 0 Å². The molecule has 0 heterocycles. The van der Waals surface area contributed by atoms with Crippen molar-refractivity contribution in [2.45, 2.75) is 32.7 Å². The van der Waals surface area contributed by atoms with Crippen molar-refractivity contribution in [3.8, 4) is 0 Å². The molecule has 4 nitrogen and oxygen atoms in total. The van der Waals surface area contributed by atoms with E-state index in [4.69, 9.17) is 5.11 Å². The highest BCUT2D eigenvalue weighted by atomic mass is 16.4. The summed E-state index contributed by atoms with van der Waals surface area (Å²) in [6.07, 6.45) is 1.000. The van der Waals surface area contributed by atoms with E-state index in [1.807, 2.05) is 18.2 Å².